The normalized spacial score (nSPS) is 12.0. The summed E-state index contributed by atoms with van der Waals surface area (Å²) < 4.78 is 43.2. The van der Waals surface area contributed by atoms with Crippen LogP contribution in [-0.2, 0) is 14.6 Å². The van der Waals surface area contributed by atoms with Crippen LogP contribution in [0.1, 0.15) is 13.3 Å². The summed E-state index contributed by atoms with van der Waals surface area (Å²) in [5.41, 5.74) is 5.88. The predicted octanol–water partition coefficient (Wildman–Crippen LogP) is 2.78. The molecule has 0 fully saturated rings. The summed E-state index contributed by atoms with van der Waals surface area (Å²) in [6, 6.07) is 11.2. The number of carbonyl (C=O) groups is 1. The molecule has 0 spiro atoms. The van der Waals surface area contributed by atoms with Crippen molar-refractivity contribution in [2.75, 3.05) is 18.5 Å². The molecule has 0 aromatic heterocycles. The highest BCUT2D eigenvalue weighted by atomic mass is 35.5. The molecule has 148 valence electrons. The highest BCUT2D eigenvalue weighted by Crippen LogP contribution is 2.20. The molecule has 1 unspecified atom stereocenters. The number of hydrogen-bond donors (Lipinski definition) is 2. The second kappa shape index (κ2) is 10.2. The van der Waals surface area contributed by atoms with Crippen LogP contribution in [0, 0.1) is 5.82 Å². The molecule has 0 aliphatic heterocycles. The third kappa shape index (κ3) is 6.50. The van der Waals surface area contributed by atoms with Crippen LogP contribution in [0.15, 0.2) is 53.4 Å². The van der Waals surface area contributed by atoms with Gasteiger partial charge < -0.3 is 15.8 Å². The molecule has 2 aromatic rings. The number of halogens is 2. The quantitative estimate of drug-likeness (QED) is 0.645. The zero-order valence-corrected chi connectivity index (χ0v) is 16.4. The number of hydrogen-bond acceptors (Lipinski definition) is 5. The van der Waals surface area contributed by atoms with Crippen LogP contribution in [0.25, 0.3) is 0 Å². The molecule has 0 saturated heterocycles. The number of ether oxygens (including phenoxy) is 1. The third-order valence-corrected chi connectivity index (χ3v) is 5.82. The van der Waals surface area contributed by atoms with Gasteiger partial charge in [-0.1, -0.05) is 0 Å². The number of nitrogens with two attached hydrogens (primary N) is 1. The van der Waals surface area contributed by atoms with Gasteiger partial charge in [-0.15, -0.1) is 12.4 Å². The summed E-state index contributed by atoms with van der Waals surface area (Å²) >= 11 is 0. The molecule has 0 heterocycles. The van der Waals surface area contributed by atoms with E-state index in [0.717, 1.165) is 12.1 Å². The van der Waals surface area contributed by atoms with Crippen molar-refractivity contribution in [3.8, 4) is 5.75 Å². The third-order valence-electron chi connectivity index (χ3n) is 3.67. The molecule has 6 nitrogen and oxygen atoms in total. The first-order valence-corrected chi connectivity index (χ1v) is 9.60. The molecule has 2 aromatic carbocycles. The van der Waals surface area contributed by atoms with Gasteiger partial charge in [0, 0.05) is 18.7 Å². The van der Waals surface area contributed by atoms with Gasteiger partial charge in [-0.05, 0) is 55.5 Å². The summed E-state index contributed by atoms with van der Waals surface area (Å²) in [5.74, 6) is -0.326. The van der Waals surface area contributed by atoms with E-state index in [4.69, 9.17) is 10.5 Å². The van der Waals surface area contributed by atoms with Gasteiger partial charge in [-0.3, -0.25) is 4.79 Å². The van der Waals surface area contributed by atoms with Crippen LogP contribution in [0.4, 0.5) is 10.1 Å². The Labute approximate surface area is 164 Å². The molecule has 0 aliphatic rings. The minimum absolute atomic E-state index is 0. The lowest BCUT2D eigenvalue weighted by atomic mass is 10.2. The SMILES string of the molecule is CC(CC(=O)Nc1ccc(OCCN)cc1)S(=O)(=O)c1ccc(F)cc1.Cl. The van der Waals surface area contributed by atoms with Gasteiger partial charge >= 0.3 is 0 Å². The molecule has 27 heavy (non-hydrogen) atoms. The predicted molar refractivity (Wildman–Crippen MR) is 105 cm³/mol. The number of sulfone groups is 1. The molecular weight excluding hydrogens is 395 g/mol. The van der Waals surface area contributed by atoms with Crippen molar-refractivity contribution in [1.29, 1.82) is 0 Å². The average molecular weight is 417 g/mol. The van der Waals surface area contributed by atoms with Crippen molar-refractivity contribution in [3.05, 3.63) is 54.3 Å². The minimum atomic E-state index is -3.72. The number of rotatable bonds is 8. The number of amides is 1. The van der Waals surface area contributed by atoms with E-state index in [1.165, 1.54) is 19.1 Å². The first kappa shape index (κ1) is 22.9. The first-order chi connectivity index (χ1) is 12.3. The minimum Gasteiger partial charge on any atom is -0.492 e. The monoisotopic (exact) mass is 416 g/mol. The van der Waals surface area contributed by atoms with Crippen LogP contribution < -0.4 is 15.8 Å². The lowest BCUT2D eigenvalue weighted by Gasteiger charge is -2.13. The van der Waals surface area contributed by atoms with E-state index < -0.39 is 26.8 Å². The van der Waals surface area contributed by atoms with E-state index in [9.17, 15) is 17.6 Å². The molecule has 0 aliphatic carbocycles. The highest BCUT2D eigenvalue weighted by Gasteiger charge is 2.25. The standard InChI is InChI=1S/C18H21FN2O4S.ClH/c1-13(26(23,24)17-8-2-14(19)3-9-17)12-18(22)21-15-4-6-16(7-5-15)25-11-10-20;/h2-9,13H,10-12,20H2,1H3,(H,21,22);1H. The molecule has 2 rings (SSSR count). The second-order valence-electron chi connectivity index (χ2n) is 5.72. The van der Waals surface area contributed by atoms with Crippen LogP contribution in [0.3, 0.4) is 0 Å². The number of nitrogens with one attached hydrogen (secondary N) is 1. The summed E-state index contributed by atoms with van der Waals surface area (Å²) in [5, 5.41) is 1.70. The van der Waals surface area contributed by atoms with Gasteiger partial charge in [-0.25, -0.2) is 12.8 Å². The van der Waals surface area contributed by atoms with Crippen molar-refractivity contribution in [3.63, 3.8) is 0 Å². The van der Waals surface area contributed by atoms with Gasteiger partial charge in [0.25, 0.3) is 0 Å². The molecule has 1 amide bonds. The fourth-order valence-corrected chi connectivity index (χ4v) is 3.60. The Morgan fingerprint density at radius 2 is 1.74 bits per heavy atom. The molecule has 0 radical (unpaired) electrons. The largest absolute Gasteiger partial charge is 0.492 e. The molecule has 0 saturated carbocycles. The van der Waals surface area contributed by atoms with Crippen LogP contribution in [0.2, 0.25) is 0 Å². The number of benzene rings is 2. The van der Waals surface area contributed by atoms with Gasteiger partial charge in [-0.2, -0.15) is 0 Å². The fourth-order valence-electron chi connectivity index (χ4n) is 2.25. The smallest absolute Gasteiger partial charge is 0.225 e. The van der Waals surface area contributed by atoms with Crippen molar-refractivity contribution in [1.82, 2.24) is 0 Å². The summed E-state index contributed by atoms with van der Waals surface area (Å²) in [6.07, 6.45) is -0.217. The Morgan fingerprint density at radius 1 is 1.15 bits per heavy atom. The van der Waals surface area contributed by atoms with Gasteiger partial charge in [0.1, 0.15) is 18.2 Å². The van der Waals surface area contributed by atoms with E-state index in [1.54, 1.807) is 24.3 Å². The maximum Gasteiger partial charge on any atom is 0.225 e. The molecule has 0 bridgehead atoms. The lowest BCUT2D eigenvalue weighted by Crippen LogP contribution is -2.25. The topological polar surface area (TPSA) is 98.5 Å². The van der Waals surface area contributed by atoms with Crippen LogP contribution >= 0.6 is 12.4 Å². The van der Waals surface area contributed by atoms with Crippen molar-refractivity contribution in [2.24, 2.45) is 5.73 Å². The average Bonchev–Trinajstić information content (AvgIpc) is 2.61. The molecule has 3 N–H and O–H groups in total. The number of carbonyl (C=O) groups excluding carboxylic acids is 1. The van der Waals surface area contributed by atoms with Gasteiger partial charge in [0.15, 0.2) is 9.84 Å². The Morgan fingerprint density at radius 3 is 2.30 bits per heavy atom. The Bertz CT molecular complexity index is 843. The number of anilines is 1. The molecule has 1 atom stereocenters. The maximum absolute atomic E-state index is 13.0. The zero-order valence-electron chi connectivity index (χ0n) is 14.7. The van der Waals surface area contributed by atoms with Crippen molar-refractivity contribution in [2.45, 2.75) is 23.5 Å². The van der Waals surface area contributed by atoms with Crippen molar-refractivity contribution >= 4 is 33.8 Å². The van der Waals surface area contributed by atoms with Gasteiger partial charge in [0.05, 0.1) is 10.1 Å². The van der Waals surface area contributed by atoms with Crippen LogP contribution in [-0.4, -0.2) is 32.7 Å². The van der Waals surface area contributed by atoms with E-state index >= 15 is 0 Å². The maximum atomic E-state index is 13.0. The van der Waals surface area contributed by atoms with E-state index in [-0.39, 0.29) is 23.7 Å². The van der Waals surface area contributed by atoms with E-state index in [1.807, 2.05) is 0 Å². The van der Waals surface area contributed by atoms with Crippen molar-refractivity contribution < 1.29 is 22.3 Å². The fraction of sp³-hybridized carbons (Fsp3) is 0.278. The lowest BCUT2D eigenvalue weighted by molar-refractivity contribution is -0.116. The van der Waals surface area contributed by atoms with Crippen LogP contribution in [0.5, 0.6) is 5.75 Å². The summed E-state index contributed by atoms with van der Waals surface area (Å²) in [7, 11) is -3.72. The highest BCUT2D eigenvalue weighted by molar-refractivity contribution is 7.92. The van der Waals surface area contributed by atoms with Gasteiger partial charge in [0.2, 0.25) is 5.91 Å². The summed E-state index contributed by atoms with van der Waals surface area (Å²) in [6.45, 7) is 2.24. The van der Waals surface area contributed by atoms with E-state index in [0.29, 0.717) is 24.6 Å². The Hall–Kier alpha value is -2.16. The van der Waals surface area contributed by atoms with E-state index in [2.05, 4.69) is 5.32 Å². The Balaban J connectivity index is 0.00000364. The first-order valence-electron chi connectivity index (χ1n) is 8.05. The second-order valence-corrected chi connectivity index (χ2v) is 8.09. The molecule has 9 heteroatoms. The molecular formula is C18H22ClFN2O4S. The zero-order chi connectivity index (χ0) is 19.2. The Kier molecular flexibility index (Phi) is 8.68. The summed E-state index contributed by atoms with van der Waals surface area (Å²) in [4.78, 5) is 12.1.